The summed E-state index contributed by atoms with van der Waals surface area (Å²) in [6, 6.07) is 15.8. The van der Waals surface area contributed by atoms with Crippen molar-refractivity contribution in [3.63, 3.8) is 0 Å². The van der Waals surface area contributed by atoms with E-state index in [1.54, 1.807) is 31.4 Å². The van der Waals surface area contributed by atoms with Crippen LogP contribution in [0.15, 0.2) is 59.5 Å². The van der Waals surface area contributed by atoms with Crippen LogP contribution in [0, 0.1) is 13.8 Å². The molecule has 124 valence electrons. The maximum absolute atomic E-state index is 12.8. The molecule has 0 aliphatic rings. The number of aryl methyl sites for hydroxylation is 2. The molecule has 5 heteroatoms. The van der Waals surface area contributed by atoms with Gasteiger partial charge in [0.1, 0.15) is 16.4 Å². The Morgan fingerprint density at radius 1 is 0.833 bits per heavy atom. The molecule has 0 saturated heterocycles. The van der Waals surface area contributed by atoms with Gasteiger partial charge in [-0.25, -0.2) is 0 Å². The van der Waals surface area contributed by atoms with Gasteiger partial charge in [-0.05, 0) is 43.2 Å². The lowest BCUT2D eigenvalue weighted by molar-refractivity contribution is 0.419. The highest BCUT2D eigenvalue weighted by molar-refractivity contribution is 7.87. The molecule has 0 aromatic heterocycles. The van der Waals surface area contributed by atoms with Crippen LogP contribution in [-0.2, 0) is 10.1 Å². The van der Waals surface area contributed by atoms with Crippen LogP contribution < -0.4 is 8.92 Å². The molecule has 0 unspecified atom stereocenters. The van der Waals surface area contributed by atoms with E-state index in [4.69, 9.17) is 8.92 Å². The highest BCUT2D eigenvalue weighted by Crippen LogP contribution is 2.32. The van der Waals surface area contributed by atoms with Crippen LogP contribution in [0.2, 0.25) is 0 Å². The van der Waals surface area contributed by atoms with E-state index < -0.39 is 10.1 Å². The van der Waals surface area contributed by atoms with Gasteiger partial charge in [0.05, 0.1) is 7.11 Å². The van der Waals surface area contributed by atoms with Crippen LogP contribution in [0.25, 0.3) is 10.8 Å². The Labute approximate surface area is 141 Å². The summed E-state index contributed by atoms with van der Waals surface area (Å²) in [5, 5.41) is 1.30. The van der Waals surface area contributed by atoms with E-state index in [1.165, 1.54) is 6.07 Å². The quantitative estimate of drug-likeness (QED) is 0.666. The molecule has 4 nitrogen and oxygen atoms in total. The molecule has 3 aromatic rings. The smallest absolute Gasteiger partial charge is 0.339 e. The van der Waals surface area contributed by atoms with Gasteiger partial charge in [-0.1, -0.05) is 36.4 Å². The van der Waals surface area contributed by atoms with Crippen LogP contribution in [-0.4, -0.2) is 15.5 Å². The highest BCUT2D eigenvalue weighted by atomic mass is 32.2. The summed E-state index contributed by atoms with van der Waals surface area (Å²) < 4.78 is 36.4. The number of ether oxygens (including phenoxy) is 1. The maximum Gasteiger partial charge on any atom is 0.339 e. The van der Waals surface area contributed by atoms with Crippen molar-refractivity contribution in [2.45, 2.75) is 18.7 Å². The minimum Gasteiger partial charge on any atom is -0.496 e. The zero-order valence-corrected chi connectivity index (χ0v) is 14.6. The summed E-state index contributed by atoms with van der Waals surface area (Å²) >= 11 is 0. The summed E-state index contributed by atoms with van der Waals surface area (Å²) in [4.78, 5) is 0.125. The molecule has 0 amide bonds. The van der Waals surface area contributed by atoms with Crippen LogP contribution in [0.4, 0.5) is 0 Å². The first-order chi connectivity index (χ1) is 11.4. The lowest BCUT2D eigenvalue weighted by Gasteiger charge is -2.13. The second-order valence-electron chi connectivity index (χ2n) is 5.62. The highest BCUT2D eigenvalue weighted by Gasteiger charge is 2.22. The van der Waals surface area contributed by atoms with Gasteiger partial charge in [0.25, 0.3) is 0 Å². The summed E-state index contributed by atoms with van der Waals surface area (Å²) in [6.07, 6.45) is 0. The molecule has 0 saturated carbocycles. The summed E-state index contributed by atoms with van der Waals surface area (Å²) in [6.45, 7) is 3.71. The molecule has 0 N–H and O–H groups in total. The van der Waals surface area contributed by atoms with E-state index in [1.807, 2.05) is 38.1 Å². The normalized spacial score (nSPS) is 11.5. The predicted octanol–water partition coefficient (Wildman–Crippen LogP) is 4.23. The molecule has 0 radical (unpaired) electrons. The molecule has 0 atom stereocenters. The molecule has 0 bridgehead atoms. The second kappa shape index (κ2) is 6.17. The SMILES string of the molecule is COc1ccc(S(=O)(=O)Oc2cc(C)ccc2C)c2ccccc12. The Morgan fingerprint density at radius 3 is 2.25 bits per heavy atom. The summed E-state index contributed by atoms with van der Waals surface area (Å²) in [5.41, 5.74) is 1.70. The molecule has 0 spiro atoms. The summed E-state index contributed by atoms with van der Waals surface area (Å²) in [5.74, 6) is 0.964. The van der Waals surface area contributed by atoms with Gasteiger partial charge in [0.15, 0.2) is 0 Å². The van der Waals surface area contributed by atoms with Crippen molar-refractivity contribution in [2.75, 3.05) is 7.11 Å². The molecule has 3 rings (SSSR count). The fraction of sp³-hybridized carbons (Fsp3) is 0.158. The average Bonchev–Trinajstić information content (AvgIpc) is 2.56. The van der Waals surface area contributed by atoms with Gasteiger partial charge in [-0.2, -0.15) is 8.42 Å². The number of hydrogen-bond acceptors (Lipinski definition) is 4. The fourth-order valence-corrected chi connectivity index (χ4v) is 3.79. The van der Waals surface area contributed by atoms with E-state index in [9.17, 15) is 8.42 Å². The molecular weight excluding hydrogens is 324 g/mol. The predicted molar refractivity (Wildman–Crippen MR) is 94.2 cm³/mol. The minimum absolute atomic E-state index is 0.125. The largest absolute Gasteiger partial charge is 0.496 e. The first-order valence-electron chi connectivity index (χ1n) is 7.50. The van der Waals surface area contributed by atoms with Crippen LogP contribution in [0.3, 0.4) is 0 Å². The van der Waals surface area contributed by atoms with Crippen molar-refractivity contribution in [3.8, 4) is 11.5 Å². The zero-order valence-electron chi connectivity index (χ0n) is 13.7. The third-order valence-corrected chi connectivity index (χ3v) is 5.17. The number of fused-ring (bicyclic) bond motifs is 1. The fourth-order valence-electron chi connectivity index (χ4n) is 2.60. The van der Waals surface area contributed by atoms with E-state index in [-0.39, 0.29) is 4.90 Å². The molecule has 0 aliphatic heterocycles. The van der Waals surface area contributed by atoms with Gasteiger partial charge in [0, 0.05) is 10.8 Å². The van der Waals surface area contributed by atoms with Gasteiger partial charge in [-0.3, -0.25) is 0 Å². The zero-order chi connectivity index (χ0) is 17.3. The lowest BCUT2D eigenvalue weighted by Crippen LogP contribution is -2.11. The van der Waals surface area contributed by atoms with Crippen LogP contribution in [0.1, 0.15) is 11.1 Å². The van der Waals surface area contributed by atoms with Crippen molar-refractivity contribution in [1.82, 2.24) is 0 Å². The van der Waals surface area contributed by atoms with Crippen LogP contribution in [0.5, 0.6) is 11.5 Å². The average molecular weight is 342 g/mol. The Hall–Kier alpha value is -2.53. The molecular formula is C19H18O4S. The van der Waals surface area contributed by atoms with Crippen molar-refractivity contribution in [2.24, 2.45) is 0 Å². The number of hydrogen-bond donors (Lipinski definition) is 0. The molecule has 0 fully saturated rings. The first-order valence-corrected chi connectivity index (χ1v) is 8.90. The number of methoxy groups -OCH3 is 1. The number of benzene rings is 3. The van der Waals surface area contributed by atoms with E-state index in [0.29, 0.717) is 16.9 Å². The Bertz CT molecular complexity index is 1010. The molecule has 0 aliphatic carbocycles. The van der Waals surface area contributed by atoms with Gasteiger partial charge < -0.3 is 8.92 Å². The standard InChI is InChI=1S/C19H18O4S/c1-13-8-9-14(2)18(12-13)23-24(20,21)19-11-10-17(22-3)15-6-4-5-7-16(15)19/h4-12H,1-3H3. The third-order valence-electron chi connectivity index (χ3n) is 3.88. The topological polar surface area (TPSA) is 52.6 Å². The van der Waals surface area contributed by atoms with Gasteiger partial charge in [-0.15, -0.1) is 0 Å². The maximum atomic E-state index is 12.8. The Balaban J connectivity index is 2.14. The van der Waals surface area contributed by atoms with Crippen molar-refractivity contribution < 1.29 is 17.3 Å². The second-order valence-corrected chi connectivity index (χ2v) is 7.13. The van der Waals surface area contributed by atoms with E-state index in [2.05, 4.69) is 0 Å². The van der Waals surface area contributed by atoms with Gasteiger partial charge in [0.2, 0.25) is 0 Å². The van der Waals surface area contributed by atoms with E-state index >= 15 is 0 Å². The Morgan fingerprint density at radius 2 is 1.54 bits per heavy atom. The minimum atomic E-state index is -3.96. The Kier molecular flexibility index (Phi) is 4.20. The van der Waals surface area contributed by atoms with Crippen molar-refractivity contribution >= 4 is 20.9 Å². The van der Waals surface area contributed by atoms with E-state index in [0.717, 1.165) is 16.5 Å². The molecule has 0 heterocycles. The van der Waals surface area contributed by atoms with Crippen LogP contribution >= 0.6 is 0 Å². The van der Waals surface area contributed by atoms with Crippen molar-refractivity contribution in [1.29, 1.82) is 0 Å². The van der Waals surface area contributed by atoms with Gasteiger partial charge >= 0.3 is 10.1 Å². The molecule has 3 aromatic carbocycles. The lowest BCUT2D eigenvalue weighted by atomic mass is 10.1. The first kappa shape index (κ1) is 16.3. The van der Waals surface area contributed by atoms with Crippen molar-refractivity contribution in [3.05, 3.63) is 65.7 Å². The monoisotopic (exact) mass is 342 g/mol. The summed E-state index contributed by atoms with van der Waals surface area (Å²) in [7, 11) is -2.40. The third kappa shape index (κ3) is 2.95. The molecule has 24 heavy (non-hydrogen) atoms. The number of rotatable bonds is 4.